The van der Waals surface area contributed by atoms with Gasteiger partial charge in [-0.2, -0.15) is 0 Å². The zero-order valence-electron chi connectivity index (χ0n) is 9.68. The first kappa shape index (κ1) is 12.1. The zero-order chi connectivity index (χ0) is 13.1. The fourth-order valence-electron chi connectivity index (χ4n) is 1.55. The molecular formula is C14H11FO3. The van der Waals surface area contributed by atoms with Crippen LogP contribution in [0.5, 0.6) is 11.5 Å². The molecule has 0 aromatic heterocycles. The van der Waals surface area contributed by atoms with Crippen molar-refractivity contribution in [3.8, 4) is 11.5 Å². The highest BCUT2D eigenvalue weighted by Gasteiger charge is 2.13. The van der Waals surface area contributed by atoms with Crippen molar-refractivity contribution in [1.29, 1.82) is 0 Å². The van der Waals surface area contributed by atoms with Crippen LogP contribution in [0.15, 0.2) is 42.5 Å². The van der Waals surface area contributed by atoms with Crippen molar-refractivity contribution >= 4 is 5.97 Å². The van der Waals surface area contributed by atoms with Crippen LogP contribution in [-0.2, 0) is 0 Å². The van der Waals surface area contributed by atoms with Gasteiger partial charge in [-0.05, 0) is 31.2 Å². The highest BCUT2D eigenvalue weighted by atomic mass is 19.1. The molecule has 2 aromatic rings. The second-order valence-corrected chi connectivity index (χ2v) is 3.84. The minimum absolute atomic E-state index is 0.00357. The minimum Gasteiger partial charge on any atom is -0.478 e. The minimum atomic E-state index is -1.11. The molecule has 18 heavy (non-hydrogen) atoms. The predicted octanol–water partition coefficient (Wildman–Crippen LogP) is 3.62. The van der Waals surface area contributed by atoms with Gasteiger partial charge in [0.05, 0.1) is 0 Å². The summed E-state index contributed by atoms with van der Waals surface area (Å²) in [4.78, 5) is 11.1. The lowest BCUT2D eigenvalue weighted by molar-refractivity contribution is 0.0694. The highest BCUT2D eigenvalue weighted by Crippen LogP contribution is 2.28. The Bertz CT molecular complexity index is 593. The van der Waals surface area contributed by atoms with E-state index in [0.717, 1.165) is 5.56 Å². The number of halogens is 1. The van der Waals surface area contributed by atoms with Crippen LogP contribution in [0, 0.1) is 12.7 Å². The number of ether oxygens (including phenoxy) is 1. The van der Waals surface area contributed by atoms with Crippen molar-refractivity contribution in [1.82, 2.24) is 0 Å². The van der Waals surface area contributed by atoms with E-state index in [1.165, 1.54) is 30.3 Å². The van der Waals surface area contributed by atoms with E-state index in [2.05, 4.69) is 0 Å². The van der Waals surface area contributed by atoms with Gasteiger partial charge in [0.1, 0.15) is 11.3 Å². The van der Waals surface area contributed by atoms with E-state index in [4.69, 9.17) is 9.84 Å². The number of carbonyl (C=O) groups is 1. The van der Waals surface area contributed by atoms with Gasteiger partial charge >= 0.3 is 5.97 Å². The number of hydrogen-bond donors (Lipinski definition) is 1. The van der Waals surface area contributed by atoms with E-state index in [1.54, 1.807) is 19.1 Å². The molecule has 0 atom stereocenters. The smallest absolute Gasteiger partial charge is 0.339 e. The van der Waals surface area contributed by atoms with Crippen LogP contribution in [0.25, 0.3) is 0 Å². The second kappa shape index (κ2) is 4.87. The van der Waals surface area contributed by atoms with Crippen molar-refractivity contribution < 1.29 is 19.0 Å². The Morgan fingerprint density at radius 1 is 1.17 bits per heavy atom. The third-order valence-corrected chi connectivity index (χ3v) is 2.42. The Morgan fingerprint density at radius 2 is 1.89 bits per heavy atom. The molecule has 92 valence electrons. The number of carboxylic acid groups (broad SMARTS) is 1. The summed E-state index contributed by atoms with van der Waals surface area (Å²) in [6.07, 6.45) is 0. The van der Waals surface area contributed by atoms with Gasteiger partial charge in [0.25, 0.3) is 0 Å². The Morgan fingerprint density at radius 3 is 2.56 bits per heavy atom. The maximum Gasteiger partial charge on any atom is 0.339 e. The van der Waals surface area contributed by atoms with Gasteiger partial charge in [-0.1, -0.05) is 23.8 Å². The zero-order valence-corrected chi connectivity index (χ0v) is 9.68. The molecule has 0 fully saturated rings. The summed E-state index contributed by atoms with van der Waals surface area (Å²) in [7, 11) is 0. The van der Waals surface area contributed by atoms with Crippen molar-refractivity contribution in [3.63, 3.8) is 0 Å². The second-order valence-electron chi connectivity index (χ2n) is 3.84. The van der Waals surface area contributed by atoms with Gasteiger partial charge in [-0.25, -0.2) is 9.18 Å². The van der Waals surface area contributed by atoms with E-state index in [0.29, 0.717) is 0 Å². The molecule has 0 aliphatic heterocycles. The molecule has 4 heteroatoms. The van der Waals surface area contributed by atoms with E-state index in [9.17, 15) is 9.18 Å². The molecule has 3 nitrogen and oxygen atoms in total. The number of hydrogen-bond acceptors (Lipinski definition) is 2. The molecule has 0 saturated heterocycles. The quantitative estimate of drug-likeness (QED) is 0.899. The Hall–Kier alpha value is -2.36. The average Bonchev–Trinajstić information content (AvgIpc) is 2.34. The van der Waals surface area contributed by atoms with E-state index in [1.807, 2.05) is 0 Å². The van der Waals surface area contributed by atoms with Crippen molar-refractivity contribution in [2.75, 3.05) is 0 Å². The monoisotopic (exact) mass is 246 g/mol. The van der Waals surface area contributed by atoms with Crippen molar-refractivity contribution in [2.45, 2.75) is 6.92 Å². The molecule has 0 unspecified atom stereocenters. The molecule has 2 aromatic carbocycles. The SMILES string of the molecule is Cc1ccc(Oc2ccccc2F)c(C(=O)O)c1. The Kier molecular flexibility index (Phi) is 3.28. The molecule has 2 rings (SSSR count). The number of para-hydroxylation sites is 1. The maximum atomic E-state index is 13.4. The van der Waals surface area contributed by atoms with Gasteiger partial charge in [0, 0.05) is 0 Å². The summed E-state index contributed by atoms with van der Waals surface area (Å²) in [5.74, 6) is -1.51. The third-order valence-electron chi connectivity index (χ3n) is 2.42. The van der Waals surface area contributed by atoms with Gasteiger partial charge in [-0.3, -0.25) is 0 Å². The van der Waals surface area contributed by atoms with Crippen LogP contribution in [0.4, 0.5) is 4.39 Å². The molecule has 0 aliphatic rings. The molecule has 0 heterocycles. The number of aryl methyl sites for hydroxylation is 1. The average molecular weight is 246 g/mol. The standard InChI is InChI=1S/C14H11FO3/c1-9-6-7-12(10(8-9)14(16)17)18-13-5-3-2-4-11(13)15/h2-8H,1H3,(H,16,17). The van der Waals surface area contributed by atoms with E-state index < -0.39 is 11.8 Å². The summed E-state index contributed by atoms with van der Waals surface area (Å²) in [5, 5.41) is 9.06. The lowest BCUT2D eigenvalue weighted by atomic mass is 10.1. The van der Waals surface area contributed by atoms with Crippen LogP contribution < -0.4 is 4.74 Å². The molecule has 0 spiro atoms. The van der Waals surface area contributed by atoms with Crippen LogP contribution >= 0.6 is 0 Å². The maximum absolute atomic E-state index is 13.4. The number of aromatic carboxylic acids is 1. The first-order valence-electron chi connectivity index (χ1n) is 5.34. The lowest BCUT2D eigenvalue weighted by Gasteiger charge is -2.09. The molecule has 1 N–H and O–H groups in total. The summed E-state index contributed by atoms with van der Waals surface area (Å²) >= 11 is 0. The topological polar surface area (TPSA) is 46.5 Å². The Balaban J connectivity index is 2.41. The molecule has 0 amide bonds. The van der Waals surface area contributed by atoms with Gasteiger partial charge in [0.15, 0.2) is 11.6 Å². The number of benzene rings is 2. The first-order chi connectivity index (χ1) is 8.58. The molecule has 0 radical (unpaired) electrons. The summed E-state index contributed by atoms with van der Waals surface area (Å²) in [6, 6.07) is 10.6. The van der Waals surface area contributed by atoms with Crippen LogP contribution in [0.3, 0.4) is 0 Å². The predicted molar refractivity (Wildman–Crippen MR) is 64.6 cm³/mol. The van der Waals surface area contributed by atoms with Gasteiger partial charge < -0.3 is 9.84 Å². The highest BCUT2D eigenvalue weighted by molar-refractivity contribution is 5.91. The third kappa shape index (κ3) is 2.48. The molecule has 0 bridgehead atoms. The number of rotatable bonds is 3. The molecule has 0 aliphatic carbocycles. The molecular weight excluding hydrogens is 235 g/mol. The normalized spacial score (nSPS) is 10.1. The van der Waals surface area contributed by atoms with Gasteiger partial charge in [0.2, 0.25) is 0 Å². The number of carboxylic acids is 1. The fourth-order valence-corrected chi connectivity index (χ4v) is 1.55. The fraction of sp³-hybridized carbons (Fsp3) is 0.0714. The summed E-state index contributed by atoms with van der Waals surface area (Å²) in [6.45, 7) is 1.78. The largest absolute Gasteiger partial charge is 0.478 e. The van der Waals surface area contributed by atoms with Crippen LogP contribution in [0.2, 0.25) is 0 Å². The lowest BCUT2D eigenvalue weighted by Crippen LogP contribution is -2.01. The first-order valence-corrected chi connectivity index (χ1v) is 5.34. The van der Waals surface area contributed by atoms with Crippen molar-refractivity contribution in [2.24, 2.45) is 0 Å². The van der Waals surface area contributed by atoms with E-state index in [-0.39, 0.29) is 17.1 Å². The van der Waals surface area contributed by atoms with E-state index >= 15 is 0 Å². The Labute approximate surface area is 103 Å². The van der Waals surface area contributed by atoms with Gasteiger partial charge in [-0.15, -0.1) is 0 Å². The summed E-state index contributed by atoms with van der Waals surface area (Å²) < 4.78 is 18.7. The van der Waals surface area contributed by atoms with Crippen LogP contribution in [-0.4, -0.2) is 11.1 Å². The van der Waals surface area contributed by atoms with Crippen LogP contribution in [0.1, 0.15) is 15.9 Å². The summed E-state index contributed by atoms with van der Waals surface area (Å²) in [5.41, 5.74) is 0.812. The van der Waals surface area contributed by atoms with Crippen molar-refractivity contribution in [3.05, 3.63) is 59.4 Å². The molecule has 0 saturated carbocycles.